The smallest absolute Gasteiger partial charge is 0.191 e. The van der Waals surface area contributed by atoms with Gasteiger partial charge in [0.25, 0.3) is 0 Å². The number of guanidine groups is 1. The minimum atomic E-state index is 0. The molecule has 2 aromatic carbocycles. The Bertz CT molecular complexity index is 913. The lowest BCUT2D eigenvalue weighted by atomic mass is 10.2. The predicted molar refractivity (Wildman–Crippen MR) is 131 cm³/mol. The summed E-state index contributed by atoms with van der Waals surface area (Å²) in [7, 11) is 0. The third-order valence-corrected chi connectivity index (χ3v) is 4.30. The number of ether oxygens (including phenoxy) is 1. The van der Waals surface area contributed by atoms with Crippen molar-refractivity contribution in [2.24, 2.45) is 4.99 Å². The maximum absolute atomic E-state index is 5.91. The van der Waals surface area contributed by atoms with E-state index < -0.39 is 0 Å². The molecule has 0 unspecified atom stereocenters. The summed E-state index contributed by atoms with van der Waals surface area (Å²) in [6.07, 6.45) is 2.64. The van der Waals surface area contributed by atoms with Gasteiger partial charge in [-0.3, -0.25) is 0 Å². The van der Waals surface area contributed by atoms with E-state index in [1.807, 2.05) is 48.5 Å². The zero-order chi connectivity index (χ0) is 20.3. The molecule has 0 spiro atoms. The fraction of sp³-hybridized carbons (Fsp3) is 0.318. The van der Waals surface area contributed by atoms with Crippen molar-refractivity contribution >= 4 is 29.9 Å². The van der Waals surface area contributed by atoms with Crippen LogP contribution in [0.3, 0.4) is 0 Å². The van der Waals surface area contributed by atoms with E-state index in [0.29, 0.717) is 6.54 Å². The van der Waals surface area contributed by atoms with Crippen molar-refractivity contribution in [3.05, 3.63) is 72.3 Å². The maximum atomic E-state index is 5.91. The molecule has 30 heavy (non-hydrogen) atoms. The van der Waals surface area contributed by atoms with Crippen molar-refractivity contribution in [1.29, 1.82) is 0 Å². The fourth-order valence-corrected chi connectivity index (χ4v) is 2.88. The Hall–Kier alpha value is -2.62. The topological polar surface area (TPSA) is 76.4 Å². The number of aliphatic imine (C=N–C) groups is 1. The van der Waals surface area contributed by atoms with Crippen molar-refractivity contribution in [3.8, 4) is 11.5 Å². The zero-order valence-corrected chi connectivity index (χ0v) is 19.7. The van der Waals surface area contributed by atoms with Crippen molar-refractivity contribution in [1.82, 2.24) is 25.4 Å². The number of hydrogen-bond donors (Lipinski definition) is 2. The molecule has 8 heteroatoms. The summed E-state index contributed by atoms with van der Waals surface area (Å²) in [6, 6.07) is 17.8. The molecule has 2 N–H and O–H groups in total. The van der Waals surface area contributed by atoms with Gasteiger partial charge in [-0.1, -0.05) is 37.3 Å². The third-order valence-electron chi connectivity index (χ3n) is 4.30. The average Bonchev–Trinajstić information content (AvgIpc) is 3.20. The highest BCUT2D eigenvalue weighted by molar-refractivity contribution is 14.0. The lowest BCUT2D eigenvalue weighted by Gasteiger charge is -2.12. The first-order chi connectivity index (χ1) is 14.3. The van der Waals surface area contributed by atoms with Gasteiger partial charge >= 0.3 is 0 Å². The quantitative estimate of drug-likeness (QED) is 0.254. The molecule has 0 saturated heterocycles. The molecule has 1 heterocycles. The van der Waals surface area contributed by atoms with E-state index in [1.54, 1.807) is 6.33 Å². The molecule has 0 atom stereocenters. The average molecular weight is 520 g/mol. The maximum Gasteiger partial charge on any atom is 0.191 e. The Morgan fingerprint density at radius 3 is 2.60 bits per heavy atom. The Morgan fingerprint density at radius 2 is 1.83 bits per heavy atom. The molecule has 0 fully saturated rings. The van der Waals surface area contributed by atoms with Crippen LogP contribution in [0.5, 0.6) is 11.5 Å². The van der Waals surface area contributed by atoms with Gasteiger partial charge in [-0.25, -0.2) is 4.99 Å². The first-order valence-electron chi connectivity index (χ1n) is 9.99. The molecule has 1 aromatic heterocycles. The minimum Gasteiger partial charge on any atom is -0.457 e. The molecule has 0 saturated carbocycles. The van der Waals surface area contributed by atoms with Gasteiger partial charge in [0.15, 0.2) is 5.96 Å². The Kier molecular flexibility index (Phi) is 10.1. The second-order valence-electron chi connectivity index (χ2n) is 6.48. The number of para-hydroxylation sites is 1. The van der Waals surface area contributed by atoms with Gasteiger partial charge in [0.05, 0.1) is 6.54 Å². The van der Waals surface area contributed by atoms with Gasteiger partial charge < -0.3 is 19.9 Å². The second-order valence-corrected chi connectivity index (χ2v) is 6.48. The lowest BCUT2D eigenvalue weighted by Crippen LogP contribution is -2.38. The number of rotatable bonds is 9. The first kappa shape index (κ1) is 23.7. The van der Waals surface area contributed by atoms with Crippen LogP contribution in [0.2, 0.25) is 0 Å². The monoisotopic (exact) mass is 520 g/mol. The number of hydrogen-bond acceptors (Lipinski definition) is 4. The summed E-state index contributed by atoms with van der Waals surface area (Å²) in [6.45, 7) is 7.04. The number of halogens is 1. The van der Waals surface area contributed by atoms with Crippen LogP contribution in [0.15, 0.2) is 65.9 Å². The second kappa shape index (κ2) is 12.8. The third kappa shape index (κ3) is 7.33. The Morgan fingerprint density at radius 1 is 1.03 bits per heavy atom. The molecule has 0 radical (unpaired) electrons. The zero-order valence-electron chi connectivity index (χ0n) is 17.4. The van der Waals surface area contributed by atoms with Gasteiger partial charge in [-0.2, -0.15) is 0 Å². The van der Waals surface area contributed by atoms with Crippen LogP contribution in [-0.2, 0) is 19.5 Å². The van der Waals surface area contributed by atoms with E-state index in [4.69, 9.17) is 9.73 Å². The number of benzene rings is 2. The van der Waals surface area contributed by atoms with E-state index in [0.717, 1.165) is 54.9 Å². The highest BCUT2D eigenvalue weighted by Crippen LogP contribution is 2.22. The van der Waals surface area contributed by atoms with Crippen LogP contribution in [0.4, 0.5) is 0 Å². The number of aryl methyl sites for hydroxylation is 1. The molecule has 3 rings (SSSR count). The van der Waals surface area contributed by atoms with Crippen LogP contribution in [0.1, 0.15) is 25.2 Å². The molecular weight excluding hydrogens is 491 g/mol. The SMILES string of the molecule is CCNC(=NCc1cccc(Oc2ccccc2)c1)NCCn1cnnc1CC.I. The highest BCUT2D eigenvalue weighted by Gasteiger charge is 2.03. The highest BCUT2D eigenvalue weighted by atomic mass is 127. The van der Waals surface area contributed by atoms with E-state index in [1.165, 1.54) is 0 Å². The number of aromatic nitrogens is 3. The summed E-state index contributed by atoms with van der Waals surface area (Å²) in [4.78, 5) is 4.69. The van der Waals surface area contributed by atoms with Crippen molar-refractivity contribution in [2.45, 2.75) is 33.4 Å². The normalized spacial score (nSPS) is 10.9. The van der Waals surface area contributed by atoms with Gasteiger partial charge in [0.1, 0.15) is 23.7 Å². The molecule has 0 bridgehead atoms. The van der Waals surface area contributed by atoms with Gasteiger partial charge in [0.2, 0.25) is 0 Å². The number of nitrogens with zero attached hydrogens (tertiary/aromatic N) is 4. The van der Waals surface area contributed by atoms with Crippen LogP contribution in [0, 0.1) is 0 Å². The standard InChI is InChI=1S/C22H28N6O.HI/c1-3-21-27-26-17-28(21)14-13-24-22(23-4-2)25-16-18-9-8-12-20(15-18)29-19-10-6-5-7-11-19;/h5-12,15,17H,3-4,13-14,16H2,1-2H3,(H2,23,24,25);1H. The summed E-state index contributed by atoms with van der Waals surface area (Å²) in [5, 5.41) is 14.7. The Labute approximate surface area is 195 Å². The van der Waals surface area contributed by atoms with E-state index in [-0.39, 0.29) is 24.0 Å². The molecule has 160 valence electrons. The molecule has 0 aliphatic carbocycles. The van der Waals surface area contributed by atoms with Gasteiger partial charge in [-0.05, 0) is 36.8 Å². The predicted octanol–water partition coefficient (Wildman–Crippen LogP) is 4.01. The van der Waals surface area contributed by atoms with Gasteiger partial charge in [-0.15, -0.1) is 34.2 Å². The molecule has 0 aliphatic rings. The number of nitrogens with one attached hydrogen (secondary N) is 2. The first-order valence-corrected chi connectivity index (χ1v) is 9.99. The molecule has 0 amide bonds. The summed E-state index contributed by atoms with van der Waals surface area (Å²) in [5.74, 6) is 3.40. The van der Waals surface area contributed by atoms with Crippen molar-refractivity contribution in [2.75, 3.05) is 13.1 Å². The van der Waals surface area contributed by atoms with Crippen LogP contribution in [-0.4, -0.2) is 33.8 Å². The summed E-state index contributed by atoms with van der Waals surface area (Å²) in [5.41, 5.74) is 1.09. The van der Waals surface area contributed by atoms with Crippen LogP contribution >= 0.6 is 24.0 Å². The minimum absolute atomic E-state index is 0. The van der Waals surface area contributed by atoms with Gasteiger partial charge in [0, 0.05) is 26.1 Å². The molecule has 3 aromatic rings. The fourth-order valence-electron chi connectivity index (χ4n) is 2.88. The van der Waals surface area contributed by atoms with Crippen molar-refractivity contribution < 1.29 is 4.74 Å². The largest absolute Gasteiger partial charge is 0.457 e. The van der Waals surface area contributed by atoms with E-state index in [9.17, 15) is 0 Å². The molecule has 7 nitrogen and oxygen atoms in total. The summed E-state index contributed by atoms with van der Waals surface area (Å²) >= 11 is 0. The molecule has 0 aliphatic heterocycles. The van der Waals surface area contributed by atoms with E-state index in [2.05, 4.69) is 45.3 Å². The Balaban J connectivity index is 0.00000320. The van der Waals surface area contributed by atoms with Crippen LogP contribution in [0.25, 0.3) is 0 Å². The lowest BCUT2D eigenvalue weighted by molar-refractivity contribution is 0.482. The molecular formula is C22H29IN6O. The summed E-state index contributed by atoms with van der Waals surface area (Å²) < 4.78 is 7.96. The van der Waals surface area contributed by atoms with Crippen molar-refractivity contribution in [3.63, 3.8) is 0 Å². The van der Waals surface area contributed by atoms with Crippen LogP contribution < -0.4 is 15.4 Å². The van der Waals surface area contributed by atoms with E-state index >= 15 is 0 Å².